The molecule has 3 heterocycles. The highest BCUT2D eigenvalue weighted by Gasteiger charge is 2.36. The summed E-state index contributed by atoms with van der Waals surface area (Å²) in [5.74, 6) is -1.26. The molecule has 32 heavy (non-hydrogen) atoms. The predicted molar refractivity (Wildman–Crippen MR) is 98.2 cm³/mol. The van der Waals surface area contributed by atoms with Crippen LogP contribution in [0.15, 0.2) is 11.2 Å². The minimum atomic E-state index is -4.85. The number of hydrogen-bond acceptors (Lipinski definition) is 10. The third-order valence-electron chi connectivity index (χ3n) is 4.06. The van der Waals surface area contributed by atoms with Crippen LogP contribution in [0.5, 0.6) is 0 Å². The second-order valence-corrected chi connectivity index (χ2v) is 8.47. The SMILES string of the molecule is Cn1nnnc1-c1cc(C(F)(F)F)nc(COCc2nc(S(C)(=O)=O)n(C)n2)c1C(N)=O. The number of nitrogens with two attached hydrogens (primary N) is 1. The average molecular weight is 475 g/mol. The molecule has 0 bridgehead atoms. The second-order valence-electron chi connectivity index (χ2n) is 6.56. The Balaban J connectivity index is 1.98. The fraction of sp³-hybridized carbons (Fsp3) is 0.400. The van der Waals surface area contributed by atoms with E-state index in [2.05, 4.69) is 30.6 Å². The van der Waals surface area contributed by atoms with Crippen molar-refractivity contribution in [3.63, 3.8) is 0 Å². The molecule has 0 radical (unpaired) electrons. The van der Waals surface area contributed by atoms with E-state index in [1.54, 1.807) is 0 Å². The summed E-state index contributed by atoms with van der Waals surface area (Å²) in [6.07, 6.45) is -3.91. The number of primary amides is 1. The van der Waals surface area contributed by atoms with Gasteiger partial charge in [0.2, 0.25) is 15.0 Å². The van der Waals surface area contributed by atoms with E-state index in [9.17, 15) is 26.4 Å². The van der Waals surface area contributed by atoms with Crippen molar-refractivity contribution in [2.45, 2.75) is 24.5 Å². The van der Waals surface area contributed by atoms with Gasteiger partial charge in [-0.05, 0) is 16.5 Å². The summed E-state index contributed by atoms with van der Waals surface area (Å²) in [6.45, 7) is -0.965. The number of rotatable bonds is 7. The summed E-state index contributed by atoms with van der Waals surface area (Å²) < 4.78 is 70.9. The highest BCUT2D eigenvalue weighted by atomic mass is 32.2. The maximum absolute atomic E-state index is 13.4. The van der Waals surface area contributed by atoms with Gasteiger partial charge in [-0.1, -0.05) is 0 Å². The number of amides is 1. The Morgan fingerprint density at radius 3 is 2.38 bits per heavy atom. The minimum Gasteiger partial charge on any atom is -0.367 e. The Kier molecular flexibility index (Phi) is 5.96. The zero-order valence-corrected chi connectivity index (χ0v) is 17.6. The Morgan fingerprint density at radius 2 is 1.88 bits per heavy atom. The maximum atomic E-state index is 13.4. The molecule has 3 aromatic rings. The van der Waals surface area contributed by atoms with Gasteiger partial charge in [0, 0.05) is 25.9 Å². The van der Waals surface area contributed by atoms with Gasteiger partial charge >= 0.3 is 6.18 Å². The van der Waals surface area contributed by atoms with Gasteiger partial charge in [-0.3, -0.25) is 4.79 Å². The number of alkyl halides is 3. The van der Waals surface area contributed by atoms with Crippen molar-refractivity contribution in [1.82, 2.24) is 40.0 Å². The number of tetrazole rings is 1. The summed E-state index contributed by atoms with van der Waals surface area (Å²) in [5.41, 5.74) is 3.04. The van der Waals surface area contributed by atoms with Crippen LogP contribution in [0.25, 0.3) is 11.4 Å². The summed E-state index contributed by atoms with van der Waals surface area (Å²) in [6, 6.07) is 0.619. The Morgan fingerprint density at radius 1 is 1.19 bits per heavy atom. The number of nitrogens with zero attached hydrogens (tertiary/aromatic N) is 8. The number of sulfone groups is 1. The van der Waals surface area contributed by atoms with Crippen molar-refractivity contribution in [3.8, 4) is 11.4 Å². The maximum Gasteiger partial charge on any atom is 0.433 e. The third kappa shape index (κ3) is 4.72. The summed E-state index contributed by atoms with van der Waals surface area (Å²) in [7, 11) is -0.925. The Bertz CT molecular complexity index is 1280. The van der Waals surface area contributed by atoms with Crippen LogP contribution in [0.3, 0.4) is 0 Å². The van der Waals surface area contributed by atoms with Gasteiger partial charge in [0.15, 0.2) is 11.6 Å². The smallest absolute Gasteiger partial charge is 0.367 e. The van der Waals surface area contributed by atoms with Gasteiger partial charge < -0.3 is 10.5 Å². The molecule has 0 saturated carbocycles. The van der Waals surface area contributed by atoms with E-state index in [-0.39, 0.29) is 34.5 Å². The number of aryl methyl sites for hydroxylation is 2. The molecule has 0 aliphatic rings. The predicted octanol–water partition coefficient (Wildman–Crippen LogP) is -0.361. The molecule has 0 aromatic carbocycles. The van der Waals surface area contributed by atoms with E-state index in [1.165, 1.54) is 14.1 Å². The first kappa shape index (κ1) is 23.2. The van der Waals surface area contributed by atoms with Crippen molar-refractivity contribution >= 4 is 15.7 Å². The highest BCUT2D eigenvalue weighted by Crippen LogP contribution is 2.33. The molecule has 0 atom stereocenters. The number of carbonyl (C=O) groups is 1. The van der Waals surface area contributed by atoms with Crippen LogP contribution < -0.4 is 5.73 Å². The van der Waals surface area contributed by atoms with Crippen LogP contribution in [0.1, 0.15) is 27.6 Å². The normalized spacial score (nSPS) is 12.3. The van der Waals surface area contributed by atoms with E-state index in [0.717, 1.165) is 15.6 Å². The largest absolute Gasteiger partial charge is 0.433 e. The first-order valence-electron chi connectivity index (χ1n) is 8.60. The van der Waals surface area contributed by atoms with E-state index in [4.69, 9.17) is 10.5 Å². The third-order valence-corrected chi connectivity index (χ3v) is 5.08. The monoisotopic (exact) mass is 475 g/mol. The van der Waals surface area contributed by atoms with Gasteiger partial charge in [-0.25, -0.2) is 22.8 Å². The first-order chi connectivity index (χ1) is 14.8. The van der Waals surface area contributed by atoms with Gasteiger partial charge in [0.1, 0.15) is 12.3 Å². The van der Waals surface area contributed by atoms with E-state index in [1.807, 2.05) is 0 Å². The van der Waals surface area contributed by atoms with E-state index >= 15 is 0 Å². The molecule has 17 heteroatoms. The van der Waals surface area contributed by atoms with E-state index in [0.29, 0.717) is 6.07 Å². The lowest BCUT2D eigenvalue weighted by atomic mass is 10.0. The zero-order chi connectivity index (χ0) is 23.8. The summed E-state index contributed by atoms with van der Waals surface area (Å²) in [5, 5.41) is 14.1. The van der Waals surface area contributed by atoms with Crippen molar-refractivity contribution in [3.05, 3.63) is 28.8 Å². The molecular formula is C15H16F3N9O4S. The van der Waals surface area contributed by atoms with Crippen molar-refractivity contribution < 1.29 is 31.1 Å². The molecule has 0 spiro atoms. The number of pyridine rings is 1. The molecule has 0 aliphatic carbocycles. The first-order valence-corrected chi connectivity index (χ1v) is 10.5. The van der Waals surface area contributed by atoms with Gasteiger partial charge in [-0.2, -0.15) is 23.3 Å². The fourth-order valence-electron chi connectivity index (χ4n) is 2.80. The molecule has 172 valence electrons. The summed E-state index contributed by atoms with van der Waals surface area (Å²) >= 11 is 0. The lowest BCUT2D eigenvalue weighted by molar-refractivity contribution is -0.141. The van der Waals surface area contributed by atoms with E-state index < -0.39 is 39.9 Å². The molecule has 3 rings (SSSR count). The van der Waals surface area contributed by atoms with Crippen LogP contribution in [-0.2, 0) is 48.1 Å². The molecule has 0 saturated heterocycles. The van der Waals surface area contributed by atoms with Gasteiger partial charge in [0.25, 0.3) is 5.91 Å². The van der Waals surface area contributed by atoms with Crippen molar-refractivity contribution in [2.24, 2.45) is 19.8 Å². The van der Waals surface area contributed by atoms with Crippen LogP contribution in [0.4, 0.5) is 13.2 Å². The number of aromatic nitrogens is 8. The summed E-state index contributed by atoms with van der Waals surface area (Å²) in [4.78, 5) is 19.4. The molecule has 2 N–H and O–H groups in total. The average Bonchev–Trinajstić information content (AvgIpc) is 3.25. The van der Waals surface area contributed by atoms with Gasteiger partial charge in [-0.15, -0.1) is 5.10 Å². The standard InChI is InChI=1S/C15H16F3N9O4S/c1-26-13(22-24-25-26)7-4-9(15(16,17)18)20-8(11(7)12(19)28)5-31-6-10-21-14(27(2)23-10)32(3,29)30/h4H,5-6H2,1-3H3,(H2,19,28). The van der Waals surface area contributed by atoms with Crippen molar-refractivity contribution in [2.75, 3.05) is 6.26 Å². The topological polar surface area (TPSA) is 174 Å². The lowest BCUT2D eigenvalue weighted by Gasteiger charge is -2.15. The molecule has 3 aromatic heterocycles. The fourth-order valence-corrected chi connectivity index (χ4v) is 3.59. The number of halogens is 3. The molecule has 0 fully saturated rings. The molecule has 1 amide bonds. The number of ether oxygens (including phenoxy) is 1. The van der Waals surface area contributed by atoms with Crippen LogP contribution in [0.2, 0.25) is 0 Å². The number of carbonyl (C=O) groups excluding carboxylic acids is 1. The molecule has 13 nitrogen and oxygen atoms in total. The molecule has 0 aliphatic heterocycles. The molecular weight excluding hydrogens is 459 g/mol. The Labute approximate surface area is 178 Å². The second kappa shape index (κ2) is 8.23. The van der Waals surface area contributed by atoms with Crippen LogP contribution in [-0.4, -0.2) is 60.5 Å². The minimum absolute atomic E-state index is 0.0433. The number of hydrogen-bond donors (Lipinski definition) is 1. The zero-order valence-electron chi connectivity index (χ0n) is 16.8. The highest BCUT2D eigenvalue weighted by molar-refractivity contribution is 7.90. The molecule has 0 unspecified atom stereocenters. The van der Waals surface area contributed by atoms with Crippen LogP contribution >= 0.6 is 0 Å². The van der Waals surface area contributed by atoms with Gasteiger partial charge in [0.05, 0.1) is 17.9 Å². The van der Waals surface area contributed by atoms with Crippen LogP contribution in [0, 0.1) is 0 Å². The Hall–Kier alpha value is -3.47. The lowest BCUT2D eigenvalue weighted by Crippen LogP contribution is -2.21. The quantitative estimate of drug-likeness (QED) is 0.475. The van der Waals surface area contributed by atoms with Crippen molar-refractivity contribution in [1.29, 1.82) is 0 Å².